The van der Waals surface area contributed by atoms with Crippen molar-refractivity contribution in [2.45, 2.75) is 4.90 Å². The molecule has 1 heterocycles. The minimum absolute atomic E-state index is 0.0980. The van der Waals surface area contributed by atoms with Crippen LogP contribution in [0.4, 0.5) is 5.69 Å². The summed E-state index contributed by atoms with van der Waals surface area (Å²) in [4.78, 5) is 0.228. The minimum atomic E-state index is -3.45. The molecule has 0 saturated carbocycles. The molecule has 0 aliphatic carbocycles. The summed E-state index contributed by atoms with van der Waals surface area (Å²) in [5.74, 6) is 1.14. The molecule has 2 N–H and O–H groups in total. The van der Waals surface area contributed by atoms with Crippen molar-refractivity contribution < 1.29 is 17.9 Å². The van der Waals surface area contributed by atoms with Gasteiger partial charge in [-0.25, -0.2) is 8.42 Å². The maximum Gasteiger partial charge on any atom is 0.200 e. The number of anilines is 1. The van der Waals surface area contributed by atoms with Gasteiger partial charge in [0.15, 0.2) is 11.5 Å². The molecule has 0 radical (unpaired) electrons. The van der Waals surface area contributed by atoms with Crippen LogP contribution >= 0.6 is 0 Å². The van der Waals surface area contributed by atoms with Crippen LogP contribution in [0.2, 0.25) is 0 Å². The minimum Gasteiger partial charge on any atom is -0.493 e. The molecule has 1 aliphatic rings. The third-order valence-corrected chi connectivity index (χ3v) is 4.98. The van der Waals surface area contributed by atoms with E-state index in [9.17, 15) is 8.42 Å². The first-order valence-electron chi connectivity index (χ1n) is 6.63. The predicted molar refractivity (Wildman–Crippen MR) is 84.5 cm³/mol. The van der Waals surface area contributed by atoms with Gasteiger partial charge in [-0.15, -0.1) is 0 Å². The molecule has 3 rings (SSSR count). The van der Waals surface area contributed by atoms with Crippen molar-refractivity contribution in [2.75, 3.05) is 19.5 Å². The lowest BCUT2D eigenvalue weighted by atomic mass is 10.1. The molecule has 0 amide bonds. The smallest absolute Gasteiger partial charge is 0.200 e. The maximum absolute atomic E-state index is 12.1. The van der Waals surface area contributed by atoms with Crippen LogP contribution in [-0.2, 0) is 9.84 Å². The number of para-hydroxylation sites is 2. The van der Waals surface area contributed by atoms with Gasteiger partial charge in [-0.1, -0.05) is 18.2 Å². The molecule has 2 aromatic rings. The van der Waals surface area contributed by atoms with Crippen LogP contribution in [0.3, 0.4) is 0 Å². The molecule has 6 heteroatoms. The first-order chi connectivity index (χ1) is 10.5. The number of nitrogens with two attached hydrogens (primary N) is 1. The monoisotopic (exact) mass is 317 g/mol. The van der Waals surface area contributed by atoms with E-state index in [0.29, 0.717) is 28.3 Å². The molecule has 0 atom stereocenters. The molecule has 0 fully saturated rings. The van der Waals surface area contributed by atoms with E-state index in [-0.39, 0.29) is 11.5 Å². The van der Waals surface area contributed by atoms with E-state index in [0.717, 1.165) is 0 Å². The van der Waals surface area contributed by atoms with Gasteiger partial charge in [0.1, 0.15) is 6.61 Å². The molecule has 5 nitrogen and oxygen atoms in total. The van der Waals surface area contributed by atoms with Gasteiger partial charge in [-0.05, 0) is 24.3 Å². The summed E-state index contributed by atoms with van der Waals surface area (Å²) in [5.41, 5.74) is 7.41. The Morgan fingerprint density at radius 1 is 1.05 bits per heavy atom. The van der Waals surface area contributed by atoms with Crippen LogP contribution in [0.5, 0.6) is 11.5 Å². The lowest BCUT2D eigenvalue weighted by molar-refractivity contribution is 0.331. The third-order valence-electron chi connectivity index (χ3n) is 3.44. The molecule has 0 aromatic heterocycles. The Kier molecular flexibility index (Phi) is 3.54. The van der Waals surface area contributed by atoms with E-state index in [2.05, 4.69) is 0 Å². The van der Waals surface area contributed by atoms with Crippen LogP contribution in [0, 0.1) is 0 Å². The average Bonchev–Trinajstić information content (AvgIpc) is 2.78. The molecular weight excluding hydrogens is 302 g/mol. The van der Waals surface area contributed by atoms with Gasteiger partial charge in [0.25, 0.3) is 0 Å². The van der Waals surface area contributed by atoms with E-state index in [1.807, 2.05) is 12.1 Å². The van der Waals surface area contributed by atoms with E-state index >= 15 is 0 Å². The Labute approximate surface area is 128 Å². The maximum atomic E-state index is 12.1. The van der Waals surface area contributed by atoms with Gasteiger partial charge >= 0.3 is 0 Å². The fourth-order valence-electron chi connectivity index (χ4n) is 2.44. The molecule has 0 bridgehead atoms. The Hall–Kier alpha value is -2.47. The number of rotatable bonds is 4. The van der Waals surface area contributed by atoms with Crippen molar-refractivity contribution in [3.05, 3.63) is 53.4 Å². The van der Waals surface area contributed by atoms with Gasteiger partial charge in [-0.3, -0.25) is 0 Å². The zero-order valence-electron chi connectivity index (χ0n) is 11.9. The number of hydrogen-bond acceptors (Lipinski definition) is 5. The summed E-state index contributed by atoms with van der Waals surface area (Å²) in [6, 6.07) is 12.0. The van der Waals surface area contributed by atoms with Crippen LogP contribution in [0.1, 0.15) is 5.56 Å². The van der Waals surface area contributed by atoms with Gasteiger partial charge in [0, 0.05) is 22.2 Å². The van der Waals surface area contributed by atoms with Crippen molar-refractivity contribution in [3.63, 3.8) is 0 Å². The molecule has 0 spiro atoms. The fourth-order valence-corrected chi connectivity index (χ4v) is 3.93. The topological polar surface area (TPSA) is 78.6 Å². The quantitative estimate of drug-likeness (QED) is 0.877. The summed E-state index contributed by atoms with van der Waals surface area (Å²) < 4.78 is 35.2. The first kappa shape index (κ1) is 14.5. The van der Waals surface area contributed by atoms with Crippen molar-refractivity contribution in [3.8, 4) is 11.5 Å². The highest BCUT2D eigenvalue weighted by atomic mass is 32.2. The Bertz CT molecular complexity index is 856. The molecule has 2 aromatic carbocycles. The summed E-state index contributed by atoms with van der Waals surface area (Å²) in [6.45, 7) is 0.0980. The number of methoxy groups -OCH3 is 1. The number of benzene rings is 2. The Morgan fingerprint density at radius 2 is 1.77 bits per heavy atom. The van der Waals surface area contributed by atoms with Crippen LogP contribution in [0.25, 0.3) is 5.57 Å². The lowest BCUT2D eigenvalue weighted by Gasteiger charge is -2.12. The summed E-state index contributed by atoms with van der Waals surface area (Å²) in [6.07, 6.45) is 0. The second-order valence-corrected chi connectivity index (χ2v) is 6.61. The molecule has 114 valence electrons. The largest absolute Gasteiger partial charge is 0.493 e. The lowest BCUT2D eigenvalue weighted by Crippen LogP contribution is -2.03. The van der Waals surface area contributed by atoms with E-state index in [1.165, 1.54) is 5.41 Å². The van der Waals surface area contributed by atoms with Crippen LogP contribution in [-0.4, -0.2) is 22.1 Å². The van der Waals surface area contributed by atoms with E-state index < -0.39 is 9.84 Å². The molecule has 0 unspecified atom stereocenters. The SMILES string of the molecule is COc1ccccc1OCC1=CS(=O)(=O)c2cccc(N)c21. The number of fused-ring (bicyclic) bond motifs is 1. The molecule has 1 aliphatic heterocycles. The van der Waals surface area contributed by atoms with Crippen LogP contribution < -0.4 is 15.2 Å². The zero-order chi connectivity index (χ0) is 15.7. The second kappa shape index (κ2) is 5.38. The number of ether oxygens (including phenoxy) is 2. The predicted octanol–water partition coefficient (Wildman–Crippen LogP) is 2.48. The zero-order valence-corrected chi connectivity index (χ0v) is 12.8. The van der Waals surface area contributed by atoms with Crippen LogP contribution in [0.15, 0.2) is 52.8 Å². The van der Waals surface area contributed by atoms with Gasteiger partial charge in [0.2, 0.25) is 9.84 Å². The second-order valence-electron chi connectivity index (χ2n) is 4.85. The number of nitrogen functional groups attached to an aromatic ring is 1. The summed E-state index contributed by atoms with van der Waals surface area (Å²) in [7, 11) is -1.90. The van der Waals surface area contributed by atoms with Crippen molar-refractivity contribution >= 4 is 21.1 Å². The first-order valence-corrected chi connectivity index (χ1v) is 8.18. The average molecular weight is 317 g/mol. The van der Waals surface area contributed by atoms with Gasteiger partial charge in [0.05, 0.1) is 12.0 Å². The van der Waals surface area contributed by atoms with Gasteiger partial charge in [-0.2, -0.15) is 0 Å². The van der Waals surface area contributed by atoms with Crippen molar-refractivity contribution in [2.24, 2.45) is 0 Å². The molecular formula is C16H15NO4S. The Balaban J connectivity index is 1.92. The highest BCUT2D eigenvalue weighted by Crippen LogP contribution is 2.38. The van der Waals surface area contributed by atoms with E-state index in [1.54, 1.807) is 37.4 Å². The molecule has 22 heavy (non-hydrogen) atoms. The molecule has 0 saturated heterocycles. The normalized spacial score (nSPS) is 15.0. The van der Waals surface area contributed by atoms with E-state index in [4.69, 9.17) is 15.2 Å². The number of sulfone groups is 1. The highest BCUT2D eigenvalue weighted by molar-refractivity contribution is 7.95. The fraction of sp³-hybridized carbons (Fsp3) is 0.125. The standard InChI is InChI=1S/C16H15NO4S/c1-20-13-6-2-3-7-14(13)21-9-11-10-22(18,19)15-8-4-5-12(17)16(11)15/h2-8,10H,9,17H2,1H3. The summed E-state index contributed by atoms with van der Waals surface area (Å²) in [5, 5.41) is 1.21. The van der Waals surface area contributed by atoms with Crippen molar-refractivity contribution in [1.29, 1.82) is 0 Å². The number of hydrogen-bond donors (Lipinski definition) is 1. The third kappa shape index (κ3) is 2.42. The Morgan fingerprint density at radius 3 is 2.50 bits per heavy atom. The van der Waals surface area contributed by atoms with Gasteiger partial charge < -0.3 is 15.2 Å². The highest BCUT2D eigenvalue weighted by Gasteiger charge is 2.28. The van der Waals surface area contributed by atoms with Crippen molar-refractivity contribution in [1.82, 2.24) is 0 Å². The summed E-state index contributed by atoms with van der Waals surface area (Å²) >= 11 is 0.